The number of carbonyl (C=O) groups excluding carboxylic acids is 1. The van der Waals surface area contributed by atoms with Crippen molar-refractivity contribution in [1.82, 2.24) is 10.3 Å². The van der Waals surface area contributed by atoms with Crippen LogP contribution in [-0.4, -0.2) is 29.1 Å². The molecule has 1 aromatic heterocycles. The van der Waals surface area contributed by atoms with Gasteiger partial charge in [-0.15, -0.1) is 11.3 Å². The third-order valence-electron chi connectivity index (χ3n) is 2.74. The molecule has 1 heterocycles. The number of nitrogens with one attached hydrogen (secondary N) is 1. The summed E-state index contributed by atoms with van der Waals surface area (Å²) in [5, 5.41) is 14.5. The first-order valence-corrected chi connectivity index (χ1v) is 7.54. The molecule has 0 atom stereocenters. The maximum Gasteiger partial charge on any atom is 0.252 e. The average molecular weight is 300 g/mol. The lowest BCUT2D eigenvalue weighted by molar-refractivity contribution is 0.0954. The van der Waals surface area contributed by atoms with Gasteiger partial charge in [-0.2, -0.15) is 0 Å². The fraction of sp³-hybridized carbons (Fsp3) is 0.250. The number of aromatic nitrogens is 1. The van der Waals surface area contributed by atoms with E-state index in [9.17, 15) is 4.79 Å². The van der Waals surface area contributed by atoms with Crippen LogP contribution in [0.15, 0.2) is 35.8 Å². The quantitative estimate of drug-likeness (QED) is 0.828. The third-order valence-corrected chi connectivity index (χ3v) is 3.58. The zero-order valence-electron chi connectivity index (χ0n) is 11.5. The van der Waals surface area contributed by atoms with Gasteiger partial charge >= 0.3 is 0 Å². The largest absolute Gasteiger partial charge is 0.395 e. The molecule has 0 saturated heterocycles. The van der Waals surface area contributed by atoms with Crippen molar-refractivity contribution in [2.45, 2.75) is 12.8 Å². The monoisotopic (exact) mass is 300 g/mol. The topological polar surface area (TPSA) is 62.2 Å². The number of benzene rings is 1. The number of nitrogens with zero attached hydrogens (tertiary/aromatic N) is 1. The lowest BCUT2D eigenvalue weighted by Crippen LogP contribution is -2.26. The summed E-state index contributed by atoms with van der Waals surface area (Å²) >= 11 is 1.58. The SMILES string of the molecule is O=C(NCCc1nccs1)c1ccccc1C#CCCO. The number of amides is 1. The van der Waals surface area contributed by atoms with Gasteiger partial charge in [0.2, 0.25) is 0 Å². The van der Waals surface area contributed by atoms with Gasteiger partial charge in [-0.05, 0) is 12.1 Å². The highest BCUT2D eigenvalue weighted by molar-refractivity contribution is 7.09. The fourth-order valence-corrected chi connectivity index (χ4v) is 2.38. The van der Waals surface area contributed by atoms with Crippen LogP contribution in [0.25, 0.3) is 0 Å². The normalized spacial score (nSPS) is 9.76. The van der Waals surface area contributed by atoms with Gasteiger partial charge in [0.1, 0.15) is 0 Å². The number of aliphatic hydroxyl groups is 1. The summed E-state index contributed by atoms with van der Waals surface area (Å²) < 4.78 is 0. The van der Waals surface area contributed by atoms with Crippen molar-refractivity contribution < 1.29 is 9.90 Å². The molecule has 0 spiro atoms. The van der Waals surface area contributed by atoms with Gasteiger partial charge in [0, 0.05) is 36.5 Å². The highest BCUT2D eigenvalue weighted by Gasteiger charge is 2.09. The second kappa shape index (κ2) is 8.20. The van der Waals surface area contributed by atoms with Crippen LogP contribution in [0.3, 0.4) is 0 Å². The number of thiazole rings is 1. The van der Waals surface area contributed by atoms with E-state index in [1.54, 1.807) is 29.7 Å². The van der Waals surface area contributed by atoms with Crippen LogP contribution in [0, 0.1) is 11.8 Å². The predicted octanol–water partition coefficient (Wildman–Crippen LogP) is 1.85. The summed E-state index contributed by atoms with van der Waals surface area (Å²) in [5.41, 5.74) is 1.24. The third kappa shape index (κ3) is 4.71. The molecule has 108 valence electrons. The van der Waals surface area contributed by atoms with Crippen LogP contribution in [0.2, 0.25) is 0 Å². The molecule has 0 unspecified atom stereocenters. The molecule has 0 bridgehead atoms. The van der Waals surface area contributed by atoms with E-state index >= 15 is 0 Å². The van der Waals surface area contributed by atoms with E-state index < -0.39 is 0 Å². The Labute approximate surface area is 127 Å². The molecule has 1 amide bonds. The first kappa shape index (κ1) is 15.2. The lowest BCUT2D eigenvalue weighted by atomic mass is 10.1. The highest BCUT2D eigenvalue weighted by Crippen LogP contribution is 2.08. The molecule has 1 aromatic carbocycles. The highest BCUT2D eigenvalue weighted by atomic mass is 32.1. The van der Waals surface area contributed by atoms with E-state index in [1.165, 1.54) is 0 Å². The van der Waals surface area contributed by atoms with Gasteiger partial charge < -0.3 is 10.4 Å². The summed E-state index contributed by atoms with van der Waals surface area (Å²) in [6, 6.07) is 7.21. The Hall–Kier alpha value is -2.16. The van der Waals surface area contributed by atoms with E-state index in [1.807, 2.05) is 17.5 Å². The minimum Gasteiger partial charge on any atom is -0.395 e. The summed E-state index contributed by atoms with van der Waals surface area (Å²) in [6.07, 6.45) is 2.88. The predicted molar refractivity (Wildman–Crippen MR) is 83.2 cm³/mol. The molecule has 0 aliphatic rings. The average Bonchev–Trinajstić information content (AvgIpc) is 3.01. The number of rotatable bonds is 5. The minimum atomic E-state index is -0.138. The molecular formula is C16H16N2O2S. The minimum absolute atomic E-state index is 0.0230. The summed E-state index contributed by atoms with van der Waals surface area (Å²) in [4.78, 5) is 16.4. The van der Waals surface area contributed by atoms with Gasteiger partial charge in [0.05, 0.1) is 17.2 Å². The molecule has 0 fully saturated rings. The first-order chi connectivity index (χ1) is 10.3. The molecule has 5 heteroatoms. The van der Waals surface area contributed by atoms with E-state index in [0.29, 0.717) is 24.1 Å². The second-order valence-corrected chi connectivity index (χ2v) is 5.23. The molecule has 0 aliphatic carbocycles. The number of carbonyl (C=O) groups is 1. The van der Waals surface area contributed by atoms with E-state index in [4.69, 9.17) is 5.11 Å². The summed E-state index contributed by atoms with van der Waals surface area (Å²) in [5.74, 6) is 5.62. The van der Waals surface area contributed by atoms with Gasteiger partial charge in [0.15, 0.2) is 0 Å². The van der Waals surface area contributed by atoms with Crippen molar-refractivity contribution in [3.8, 4) is 11.8 Å². The molecule has 0 aliphatic heterocycles. The fourth-order valence-electron chi connectivity index (χ4n) is 1.76. The van der Waals surface area contributed by atoms with Crippen LogP contribution in [0.1, 0.15) is 27.3 Å². The Balaban J connectivity index is 1.97. The Bertz CT molecular complexity index is 642. The second-order valence-electron chi connectivity index (χ2n) is 4.25. The molecule has 21 heavy (non-hydrogen) atoms. The van der Waals surface area contributed by atoms with Crippen LogP contribution in [0.5, 0.6) is 0 Å². The molecule has 0 saturated carbocycles. The zero-order chi connectivity index (χ0) is 14.9. The van der Waals surface area contributed by atoms with Crippen molar-refractivity contribution in [3.63, 3.8) is 0 Å². The van der Waals surface area contributed by atoms with Gasteiger partial charge in [-0.3, -0.25) is 4.79 Å². The van der Waals surface area contributed by atoms with Gasteiger partial charge in [-0.1, -0.05) is 24.0 Å². The lowest BCUT2D eigenvalue weighted by Gasteiger charge is -2.06. The summed E-state index contributed by atoms with van der Waals surface area (Å²) in [7, 11) is 0. The zero-order valence-corrected chi connectivity index (χ0v) is 12.3. The van der Waals surface area contributed by atoms with E-state index in [-0.39, 0.29) is 12.5 Å². The Morgan fingerprint density at radius 2 is 2.24 bits per heavy atom. The molecular weight excluding hydrogens is 284 g/mol. The van der Waals surface area contributed by atoms with Crippen molar-refractivity contribution in [3.05, 3.63) is 52.0 Å². The molecule has 2 aromatic rings. The van der Waals surface area contributed by atoms with Crippen LogP contribution < -0.4 is 5.32 Å². The van der Waals surface area contributed by atoms with Crippen molar-refractivity contribution in [2.75, 3.05) is 13.2 Å². The van der Waals surface area contributed by atoms with Crippen LogP contribution in [0.4, 0.5) is 0 Å². The number of hydrogen-bond acceptors (Lipinski definition) is 4. The Kier molecular flexibility index (Phi) is 5.95. The molecule has 2 N–H and O–H groups in total. The van der Waals surface area contributed by atoms with Gasteiger partial charge in [-0.25, -0.2) is 4.98 Å². The molecule has 4 nitrogen and oxygen atoms in total. The molecule has 2 rings (SSSR count). The van der Waals surface area contributed by atoms with Crippen molar-refractivity contribution in [1.29, 1.82) is 0 Å². The Morgan fingerprint density at radius 1 is 1.38 bits per heavy atom. The standard InChI is InChI=1S/C16H16N2O2S/c19-11-4-3-6-13-5-1-2-7-14(13)16(20)18-9-8-15-17-10-12-21-15/h1-2,5,7,10,12,19H,4,8-9,11H2,(H,18,20). The van der Waals surface area contributed by atoms with Crippen LogP contribution in [-0.2, 0) is 6.42 Å². The van der Waals surface area contributed by atoms with Crippen molar-refractivity contribution in [2.24, 2.45) is 0 Å². The van der Waals surface area contributed by atoms with Crippen LogP contribution >= 0.6 is 11.3 Å². The number of hydrogen-bond donors (Lipinski definition) is 2. The van der Waals surface area contributed by atoms with Gasteiger partial charge in [0.25, 0.3) is 5.91 Å². The molecule has 0 radical (unpaired) electrons. The first-order valence-electron chi connectivity index (χ1n) is 6.66. The van der Waals surface area contributed by atoms with E-state index in [0.717, 1.165) is 11.4 Å². The number of aliphatic hydroxyl groups excluding tert-OH is 1. The maximum absolute atomic E-state index is 12.2. The smallest absolute Gasteiger partial charge is 0.252 e. The van der Waals surface area contributed by atoms with Crippen molar-refractivity contribution >= 4 is 17.2 Å². The summed E-state index contributed by atoms with van der Waals surface area (Å²) in [6.45, 7) is 0.569. The maximum atomic E-state index is 12.2. The Morgan fingerprint density at radius 3 is 3.00 bits per heavy atom. The van der Waals surface area contributed by atoms with E-state index in [2.05, 4.69) is 22.1 Å².